The molecule has 0 aliphatic rings. The largest absolute Gasteiger partial charge is 0.482 e. The molecule has 0 unspecified atom stereocenters. The molecule has 0 fully saturated rings. The maximum Gasteiger partial charge on any atom is 0.344 e. The van der Waals surface area contributed by atoms with Crippen LogP contribution in [0.15, 0.2) is 53.4 Å². The molecule has 0 saturated heterocycles. The van der Waals surface area contributed by atoms with Gasteiger partial charge < -0.3 is 14.8 Å². The van der Waals surface area contributed by atoms with Crippen LogP contribution in [0.5, 0.6) is 5.75 Å². The number of carbonyl (C=O) groups is 2. The second kappa shape index (κ2) is 8.98. The van der Waals surface area contributed by atoms with E-state index in [2.05, 4.69) is 5.32 Å². The second-order valence-electron chi connectivity index (χ2n) is 4.96. The number of thioether (sulfide) groups is 1. The SMILES string of the molecule is CSc1ccccc1NC(=O)COC(=O)COc1ccccc1C. The van der Waals surface area contributed by atoms with Gasteiger partial charge in [-0.25, -0.2) is 4.79 Å². The fourth-order valence-corrected chi connectivity index (χ4v) is 2.53. The zero-order chi connectivity index (χ0) is 17.4. The van der Waals surface area contributed by atoms with Gasteiger partial charge in [0, 0.05) is 4.90 Å². The van der Waals surface area contributed by atoms with Crippen LogP contribution in [0.2, 0.25) is 0 Å². The molecular formula is C18H19NO4S. The summed E-state index contributed by atoms with van der Waals surface area (Å²) in [5, 5.41) is 2.72. The molecule has 126 valence electrons. The lowest BCUT2D eigenvalue weighted by Crippen LogP contribution is -2.24. The maximum absolute atomic E-state index is 11.9. The number of nitrogens with one attached hydrogen (secondary N) is 1. The molecule has 0 saturated carbocycles. The quantitative estimate of drug-likeness (QED) is 0.616. The first-order valence-corrected chi connectivity index (χ1v) is 8.59. The van der Waals surface area contributed by atoms with Crippen molar-refractivity contribution in [3.8, 4) is 5.75 Å². The number of benzene rings is 2. The van der Waals surface area contributed by atoms with Crippen molar-refractivity contribution in [3.63, 3.8) is 0 Å². The molecule has 0 heterocycles. The summed E-state index contributed by atoms with van der Waals surface area (Å²) < 4.78 is 10.3. The lowest BCUT2D eigenvalue weighted by atomic mass is 10.2. The van der Waals surface area contributed by atoms with Crippen molar-refractivity contribution in [2.75, 3.05) is 24.8 Å². The molecule has 0 aromatic heterocycles. The average molecular weight is 345 g/mol. The number of hydrogen-bond donors (Lipinski definition) is 1. The highest BCUT2D eigenvalue weighted by Gasteiger charge is 2.10. The Morgan fingerprint density at radius 1 is 1.04 bits per heavy atom. The summed E-state index contributed by atoms with van der Waals surface area (Å²) >= 11 is 1.53. The lowest BCUT2D eigenvalue weighted by molar-refractivity contribution is -0.149. The Hall–Kier alpha value is -2.47. The van der Waals surface area contributed by atoms with E-state index in [0.29, 0.717) is 11.4 Å². The third-order valence-electron chi connectivity index (χ3n) is 3.18. The number of carbonyl (C=O) groups excluding carboxylic acids is 2. The van der Waals surface area contributed by atoms with E-state index < -0.39 is 5.97 Å². The number of para-hydroxylation sites is 2. The van der Waals surface area contributed by atoms with Crippen LogP contribution in [0.3, 0.4) is 0 Å². The molecule has 2 aromatic carbocycles. The van der Waals surface area contributed by atoms with Gasteiger partial charge in [0.15, 0.2) is 13.2 Å². The van der Waals surface area contributed by atoms with Gasteiger partial charge in [0.2, 0.25) is 0 Å². The predicted molar refractivity (Wildman–Crippen MR) is 94.5 cm³/mol. The van der Waals surface area contributed by atoms with E-state index in [0.717, 1.165) is 10.5 Å². The summed E-state index contributed by atoms with van der Waals surface area (Å²) in [6.45, 7) is 1.30. The molecule has 0 atom stereocenters. The molecule has 24 heavy (non-hydrogen) atoms. The molecule has 1 amide bonds. The van der Waals surface area contributed by atoms with Crippen LogP contribution in [0.1, 0.15) is 5.56 Å². The Morgan fingerprint density at radius 2 is 1.75 bits per heavy atom. The maximum atomic E-state index is 11.9. The summed E-state index contributed by atoms with van der Waals surface area (Å²) in [5.74, 6) is -0.361. The molecule has 0 spiro atoms. The monoisotopic (exact) mass is 345 g/mol. The summed E-state index contributed by atoms with van der Waals surface area (Å²) in [5.41, 5.74) is 1.62. The fraction of sp³-hybridized carbons (Fsp3) is 0.222. The number of anilines is 1. The Balaban J connectivity index is 1.77. The van der Waals surface area contributed by atoms with E-state index in [1.165, 1.54) is 11.8 Å². The van der Waals surface area contributed by atoms with Gasteiger partial charge >= 0.3 is 5.97 Å². The van der Waals surface area contributed by atoms with Crippen molar-refractivity contribution in [2.45, 2.75) is 11.8 Å². The fourth-order valence-electron chi connectivity index (χ4n) is 1.98. The Bertz CT molecular complexity index is 718. The van der Waals surface area contributed by atoms with Gasteiger partial charge in [0.05, 0.1) is 5.69 Å². The van der Waals surface area contributed by atoms with Gasteiger partial charge in [0.1, 0.15) is 5.75 Å². The number of hydrogen-bond acceptors (Lipinski definition) is 5. The van der Waals surface area contributed by atoms with Crippen molar-refractivity contribution in [1.82, 2.24) is 0 Å². The smallest absolute Gasteiger partial charge is 0.344 e. The van der Waals surface area contributed by atoms with Crippen LogP contribution in [-0.4, -0.2) is 31.3 Å². The molecule has 0 bridgehead atoms. The van der Waals surface area contributed by atoms with Crippen molar-refractivity contribution >= 4 is 29.3 Å². The van der Waals surface area contributed by atoms with Gasteiger partial charge in [-0.3, -0.25) is 4.79 Å². The minimum atomic E-state index is -0.591. The number of rotatable bonds is 7. The molecule has 6 heteroatoms. The Kier molecular flexibility index (Phi) is 6.69. The standard InChI is InChI=1S/C18H19NO4S/c1-13-7-3-5-9-15(13)22-12-18(21)23-11-17(20)19-14-8-4-6-10-16(14)24-2/h3-10H,11-12H2,1-2H3,(H,19,20). The third kappa shape index (κ3) is 5.31. The van der Waals surface area contributed by atoms with Crippen LogP contribution in [0.25, 0.3) is 0 Å². The summed E-state index contributed by atoms with van der Waals surface area (Å²) in [7, 11) is 0. The number of amides is 1. The predicted octanol–water partition coefficient (Wildman–Crippen LogP) is 3.28. The number of aryl methyl sites for hydroxylation is 1. The zero-order valence-corrected chi connectivity index (χ0v) is 14.4. The van der Waals surface area contributed by atoms with Crippen LogP contribution in [0, 0.1) is 6.92 Å². The first kappa shape index (κ1) is 17.9. The molecule has 0 aliphatic carbocycles. The molecule has 2 rings (SSSR count). The molecule has 5 nitrogen and oxygen atoms in total. The van der Waals surface area contributed by atoms with Crippen molar-refractivity contribution in [2.24, 2.45) is 0 Å². The van der Waals surface area contributed by atoms with Crippen LogP contribution in [-0.2, 0) is 14.3 Å². The van der Waals surface area contributed by atoms with Gasteiger partial charge in [0.25, 0.3) is 5.91 Å². The zero-order valence-electron chi connectivity index (χ0n) is 13.6. The van der Waals surface area contributed by atoms with E-state index in [1.54, 1.807) is 12.1 Å². The molecule has 0 radical (unpaired) electrons. The van der Waals surface area contributed by atoms with E-state index >= 15 is 0 Å². The highest BCUT2D eigenvalue weighted by Crippen LogP contribution is 2.24. The third-order valence-corrected chi connectivity index (χ3v) is 3.98. The first-order chi connectivity index (χ1) is 11.6. The van der Waals surface area contributed by atoms with Crippen molar-refractivity contribution in [3.05, 3.63) is 54.1 Å². The van der Waals surface area contributed by atoms with Crippen molar-refractivity contribution in [1.29, 1.82) is 0 Å². The van der Waals surface area contributed by atoms with E-state index in [-0.39, 0.29) is 19.1 Å². The van der Waals surface area contributed by atoms with Crippen LogP contribution in [0.4, 0.5) is 5.69 Å². The van der Waals surface area contributed by atoms with E-state index in [1.807, 2.05) is 49.6 Å². The van der Waals surface area contributed by atoms with Gasteiger partial charge in [-0.1, -0.05) is 30.3 Å². The van der Waals surface area contributed by atoms with E-state index in [9.17, 15) is 9.59 Å². The number of ether oxygens (including phenoxy) is 2. The first-order valence-electron chi connectivity index (χ1n) is 7.37. The Morgan fingerprint density at radius 3 is 2.50 bits per heavy atom. The topological polar surface area (TPSA) is 64.6 Å². The van der Waals surface area contributed by atoms with Gasteiger partial charge in [-0.15, -0.1) is 11.8 Å². The van der Waals surface area contributed by atoms with E-state index in [4.69, 9.17) is 9.47 Å². The average Bonchev–Trinajstić information content (AvgIpc) is 2.59. The van der Waals surface area contributed by atoms with Gasteiger partial charge in [-0.2, -0.15) is 0 Å². The summed E-state index contributed by atoms with van der Waals surface area (Å²) in [6.07, 6.45) is 1.92. The highest BCUT2D eigenvalue weighted by molar-refractivity contribution is 7.98. The van der Waals surface area contributed by atoms with Gasteiger partial charge in [-0.05, 0) is 36.9 Å². The molecule has 2 aromatic rings. The minimum Gasteiger partial charge on any atom is -0.482 e. The number of esters is 1. The van der Waals surface area contributed by atoms with Crippen LogP contribution >= 0.6 is 11.8 Å². The molecule has 1 N–H and O–H groups in total. The Labute approximate surface area is 145 Å². The van der Waals surface area contributed by atoms with Crippen LogP contribution < -0.4 is 10.1 Å². The minimum absolute atomic E-state index is 0.237. The normalized spacial score (nSPS) is 10.1. The lowest BCUT2D eigenvalue weighted by Gasteiger charge is -2.10. The second-order valence-corrected chi connectivity index (χ2v) is 5.81. The summed E-state index contributed by atoms with van der Waals surface area (Å²) in [4.78, 5) is 24.5. The molecular weight excluding hydrogens is 326 g/mol. The van der Waals surface area contributed by atoms with Crippen molar-refractivity contribution < 1.29 is 19.1 Å². The highest BCUT2D eigenvalue weighted by atomic mass is 32.2. The summed E-state index contributed by atoms with van der Waals surface area (Å²) in [6, 6.07) is 14.8. The molecule has 0 aliphatic heterocycles.